The summed E-state index contributed by atoms with van der Waals surface area (Å²) in [4.78, 5) is 14.2. The number of ketones is 1. The van der Waals surface area contributed by atoms with E-state index >= 15 is 0 Å². The van der Waals surface area contributed by atoms with Crippen molar-refractivity contribution in [3.8, 4) is 0 Å². The van der Waals surface area contributed by atoms with Crippen molar-refractivity contribution in [1.82, 2.24) is 4.90 Å². The maximum Gasteiger partial charge on any atom is 0.162 e. The van der Waals surface area contributed by atoms with Crippen molar-refractivity contribution in [1.29, 1.82) is 0 Å². The van der Waals surface area contributed by atoms with Crippen molar-refractivity contribution in [2.45, 2.75) is 12.8 Å². The zero-order chi connectivity index (χ0) is 13.4. The van der Waals surface area contributed by atoms with Gasteiger partial charge in [-0.2, -0.15) is 11.8 Å². The van der Waals surface area contributed by atoms with Gasteiger partial charge in [-0.15, -0.1) is 0 Å². The summed E-state index contributed by atoms with van der Waals surface area (Å²) in [5.41, 5.74) is 0.810. The molecule has 4 heteroatoms. The van der Waals surface area contributed by atoms with Crippen molar-refractivity contribution in [2.24, 2.45) is 0 Å². The molecule has 0 aliphatic heterocycles. The molecule has 2 nitrogen and oxygen atoms in total. The summed E-state index contributed by atoms with van der Waals surface area (Å²) in [6, 6.07) is 7.59. The van der Waals surface area contributed by atoms with Gasteiger partial charge in [0.05, 0.1) is 0 Å². The molecule has 18 heavy (non-hydrogen) atoms. The zero-order valence-electron chi connectivity index (χ0n) is 11.0. The number of rotatable bonds is 8. The van der Waals surface area contributed by atoms with Crippen LogP contribution in [0.5, 0.6) is 0 Å². The summed E-state index contributed by atoms with van der Waals surface area (Å²) >= 11 is 5.23. The average Bonchev–Trinajstić information content (AvgIpc) is 2.37. The van der Waals surface area contributed by atoms with Crippen LogP contribution in [0.25, 0.3) is 0 Å². The van der Waals surface area contributed by atoms with Crippen molar-refractivity contribution >= 4 is 33.5 Å². The second kappa shape index (κ2) is 8.73. The topological polar surface area (TPSA) is 20.3 Å². The predicted octanol–water partition coefficient (Wildman–Crippen LogP) is 3.71. The van der Waals surface area contributed by atoms with Gasteiger partial charge in [-0.25, -0.2) is 0 Å². The highest BCUT2D eigenvalue weighted by Crippen LogP contribution is 2.12. The molecule has 0 saturated heterocycles. The third-order valence-electron chi connectivity index (χ3n) is 2.79. The van der Waals surface area contributed by atoms with Crippen LogP contribution in [-0.4, -0.2) is 42.8 Å². The number of halogens is 1. The third-order valence-corrected chi connectivity index (χ3v) is 3.91. The molecule has 0 bridgehead atoms. The lowest BCUT2D eigenvalue weighted by molar-refractivity contribution is 0.0976. The van der Waals surface area contributed by atoms with Crippen molar-refractivity contribution in [2.75, 3.05) is 32.1 Å². The molecule has 0 radical (unpaired) electrons. The minimum absolute atomic E-state index is 0.237. The Morgan fingerprint density at radius 1 is 1.28 bits per heavy atom. The van der Waals surface area contributed by atoms with Gasteiger partial charge in [-0.1, -0.05) is 28.1 Å². The fraction of sp³-hybridized carbons (Fsp3) is 0.500. The van der Waals surface area contributed by atoms with Crippen LogP contribution >= 0.6 is 27.7 Å². The smallest absolute Gasteiger partial charge is 0.162 e. The largest absolute Gasteiger partial charge is 0.306 e. The van der Waals surface area contributed by atoms with E-state index in [1.807, 2.05) is 36.0 Å². The molecule has 100 valence electrons. The zero-order valence-corrected chi connectivity index (χ0v) is 13.4. The number of hydrogen-bond donors (Lipinski definition) is 0. The Labute approximate surface area is 122 Å². The van der Waals surface area contributed by atoms with E-state index in [4.69, 9.17) is 0 Å². The number of carbonyl (C=O) groups is 1. The van der Waals surface area contributed by atoms with E-state index < -0.39 is 0 Å². The van der Waals surface area contributed by atoms with E-state index in [0.717, 1.165) is 35.3 Å². The highest BCUT2D eigenvalue weighted by molar-refractivity contribution is 9.10. The molecule has 0 aliphatic rings. The number of thioether (sulfide) groups is 1. The summed E-state index contributed by atoms with van der Waals surface area (Å²) in [7, 11) is 2.11. The first-order chi connectivity index (χ1) is 8.63. The second-order valence-corrected chi connectivity index (χ2v) is 6.23. The minimum Gasteiger partial charge on any atom is -0.306 e. The Hall–Kier alpha value is -0.320. The Balaban J connectivity index is 2.27. The van der Waals surface area contributed by atoms with Crippen LogP contribution < -0.4 is 0 Å². The van der Waals surface area contributed by atoms with Gasteiger partial charge in [-0.3, -0.25) is 4.79 Å². The van der Waals surface area contributed by atoms with Gasteiger partial charge < -0.3 is 4.90 Å². The predicted molar refractivity (Wildman–Crippen MR) is 83.6 cm³/mol. The highest BCUT2D eigenvalue weighted by atomic mass is 79.9. The summed E-state index contributed by atoms with van der Waals surface area (Å²) < 4.78 is 1.01. The molecule has 0 saturated carbocycles. The van der Waals surface area contributed by atoms with E-state index in [1.165, 1.54) is 0 Å². The van der Waals surface area contributed by atoms with Gasteiger partial charge in [0.1, 0.15) is 0 Å². The van der Waals surface area contributed by atoms with Gasteiger partial charge in [0.2, 0.25) is 0 Å². The lowest BCUT2D eigenvalue weighted by atomic mass is 10.1. The van der Waals surface area contributed by atoms with Crippen LogP contribution in [0.1, 0.15) is 23.2 Å². The number of nitrogens with zero attached hydrogens (tertiary/aromatic N) is 1. The van der Waals surface area contributed by atoms with Crippen LogP contribution in [0.3, 0.4) is 0 Å². The molecule has 1 aromatic rings. The van der Waals surface area contributed by atoms with Crippen LogP contribution in [0, 0.1) is 0 Å². The summed E-state index contributed by atoms with van der Waals surface area (Å²) in [6.45, 7) is 2.08. The monoisotopic (exact) mass is 329 g/mol. The molecule has 0 aliphatic carbocycles. The fourth-order valence-corrected chi connectivity index (χ4v) is 2.41. The van der Waals surface area contributed by atoms with Gasteiger partial charge in [-0.05, 0) is 38.4 Å². The number of carbonyl (C=O) groups excluding carboxylic acids is 1. The van der Waals surface area contributed by atoms with Gasteiger partial charge in [0.25, 0.3) is 0 Å². The van der Waals surface area contributed by atoms with Crippen molar-refractivity contribution in [3.63, 3.8) is 0 Å². The molecule has 0 N–H and O–H groups in total. The van der Waals surface area contributed by atoms with Gasteiger partial charge in [0, 0.05) is 28.8 Å². The molecule has 0 spiro atoms. The molecule has 0 heterocycles. The lowest BCUT2D eigenvalue weighted by Crippen LogP contribution is -2.22. The molecule has 0 unspecified atom stereocenters. The Morgan fingerprint density at radius 3 is 2.56 bits per heavy atom. The van der Waals surface area contributed by atoms with E-state index in [2.05, 4.69) is 34.1 Å². The molecule has 0 amide bonds. The number of benzene rings is 1. The summed E-state index contributed by atoms with van der Waals surface area (Å²) in [5.74, 6) is 1.39. The van der Waals surface area contributed by atoms with Crippen LogP contribution in [-0.2, 0) is 0 Å². The first-order valence-electron chi connectivity index (χ1n) is 6.09. The quantitative estimate of drug-likeness (QED) is 0.678. The Morgan fingerprint density at radius 2 is 1.94 bits per heavy atom. The standard InChI is InChI=1S/C14H20BrNOS/c1-16(10-11-18-2)9-3-4-14(17)12-5-7-13(15)8-6-12/h5-8H,3-4,9-11H2,1-2H3. The minimum atomic E-state index is 0.237. The maximum absolute atomic E-state index is 11.9. The first kappa shape index (κ1) is 15.7. The molecule has 1 aromatic carbocycles. The Bertz CT molecular complexity index is 367. The molecule has 0 atom stereocenters. The maximum atomic E-state index is 11.9. The third kappa shape index (κ3) is 6.03. The van der Waals surface area contributed by atoms with E-state index in [9.17, 15) is 4.79 Å². The van der Waals surface area contributed by atoms with E-state index in [-0.39, 0.29) is 5.78 Å². The highest BCUT2D eigenvalue weighted by Gasteiger charge is 2.06. The SMILES string of the molecule is CSCCN(C)CCCC(=O)c1ccc(Br)cc1. The Kier molecular flexibility index (Phi) is 7.63. The van der Waals surface area contributed by atoms with E-state index in [0.29, 0.717) is 6.42 Å². The van der Waals surface area contributed by atoms with Crippen LogP contribution in [0.4, 0.5) is 0 Å². The van der Waals surface area contributed by atoms with Crippen LogP contribution in [0.2, 0.25) is 0 Å². The fourth-order valence-electron chi connectivity index (χ4n) is 1.65. The first-order valence-corrected chi connectivity index (χ1v) is 8.28. The molecular formula is C14H20BrNOS. The summed E-state index contributed by atoms with van der Waals surface area (Å²) in [6.07, 6.45) is 3.68. The van der Waals surface area contributed by atoms with Gasteiger partial charge >= 0.3 is 0 Å². The van der Waals surface area contributed by atoms with Crippen LogP contribution in [0.15, 0.2) is 28.7 Å². The van der Waals surface area contributed by atoms with Gasteiger partial charge in [0.15, 0.2) is 5.78 Å². The number of Topliss-reactive ketones (excluding diaryl/α,β-unsaturated/α-hetero) is 1. The average molecular weight is 330 g/mol. The summed E-state index contributed by atoms with van der Waals surface area (Å²) in [5, 5.41) is 0. The molecule has 0 aromatic heterocycles. The molecule has 0 fully saturated rings. The molecule has 1 rings (SSSR count). The lowest BCUT2D eigenvalue weighted by Gasteiger charge is -2.15. The van der Waals surface area contributed by atoms with E-state index in [1.54, 1.807) is 0 Å². The molecular weight excluding hydrogens is 310 g/mol. The van der Waals surface area contributed by atoms with Crippen molar-refractivity contribution in [3.05, 3.63) is 34.3 Å². The normalized spacial score (nSPS) is 10.9. The number of hydrogen-bond acceptors (Lipinski definition) is 3. The second-order valence-electron chi connectivity index (χ2n) is 4.33. The van der Waals surface area contributed by atoms with Crippen molar-refractivity contribution < 1.29 is 4.79 Å².